The smallest absolute Gasteiger partial charge is 0.243 e. The predicted molar refractivity (Wildman–Crippen MR) is 120 cm³/mol. The van der Waals surface area contributed by atoms with Gasteiger partial charge in [-0.3, -0.25) is 19.4 Å². The summed E-state index contributed by atoms with van der Waals surface area (Å²) in [4.78, 5) is 29.3. The topological polar surface area (TPSA) is 99.3 Å². The van der Waals surface area contributed by atoms with Gasteiger partial charge in [-0.05, 0) is 49.6 Å². The first kappa shape index (κ1) is 23.2. The maximum Gasteiger partial charge on any atom is 0.243 e. The molecular weight excluding hydrogens is 432 g/mol. The highest BCUT2D eigenvalue weighted by Crippen LogP contribution is 2.35. The molecule has 0 spiro atoms. The maximum atomic E-state index is 12.9. The molecule has 1 atom stereocenters. The number of amides is 2. The second-order valence-electron chi connectivity index (χ2n) is 8.61. The zero-order valence-corrected chi connectivity index (χ0v) is 19.4. The average Bonchev–Trinajstić information content (AvgIpc) is 3.45. The lowest BCUT2D eigenvalue weighted by Gasteiger charge is -2.27. The number of benzene rings is 1. The van der Waals surface area contributed by atoms with E-state index in [2.05, 4.69) is 10.2 Å². The molecule has 1 N–H and O–H groups in total. The fourth-order valence-corrected chi connectivity index (χ4v) is 6.29. The van der Waals surface area contributed by atoms with Gasteiger partial charge in [-0.1, -0.05) is 0 Å². The Morgan fingerprint density at radius 2 is 1.84 bits per heavy atom. The number of sulfonamides is 1. The van der Waals surface area contributed by atoms with Gasteiger partial charge in [0.2, 0.25) is 21.8 Å². The maximum absolute atomic E-state index is 12.9. The van der Waals surface area contributed by atoms with E-state index in [1.165, 1.54) is 16.1 Å². The summed E-state index contributed by atoms with van der Waals surface area (Å²) in [6.45, 7) is 7.24. The molecule has 1 aromatic rings. The van der Waals surface area contributed by atoms with Crippen molar-refractivity contribution in [2.45, 2.75) is 43.5 Å². The largest absolute Gasteiger partial charge is 0.379 e. The lowest BCUT2D eigenvalue weighted by Crippen LogP contribution is -2.48. The number of ether oxygens (including phenoxy) is 1. The van der Waals surface area contributed by atoms with Crippen molar-refractivity contribution in [1.82, 2.24) is 14.5 Å². The van der Waals surface area contributed by atoms with E-state index < -0.39 is 16.1 Å². The number of nitrogens with one attached hydrogen (secondary N) is 1. The van der Waals surface area contributed by atoms with E-state index in [0.717, 1.165) is 52.1 Å². The van der Waals surface area contributed by atoms with Gasteiger partial charge in [-0.15, -0.1) is 0 Å². The molecular formula is C22H32N4O5S. The molecule has 10 heteroatoms. The predicted octanol–water partition coefficient (Wildman–Crippen LogP) is 0.587. The molecule has 32 heavy (non-hydrogen) atoms. The molecule has 176 valence electrons. The van der Waals surface area contributed by atoms with E-state index in [1.54, 1.807) is 18.2 Å². The molecule has 3 aliphatic heterocycles. The van der Waals surface area contributed by atoms with E-state index in [1.807, 2.05) is 0 Å². The first-order chi connectivity index (χ1) is 15.4. The standard InChI is InChI=1S/C22H32N4O5S/c1-17(27)26-20-6-5-19(32(29,30)25-9-2-3-10-25)15-18(20)16-21(26)22(28)23-7-4-8-24-11-13-31-14-12-24/h5-6,15,21H,2-4,7-14,16H2,1H3,(H,23,28)/t21-/m1/s1. The molecule has 4 rings (SSSR count). The van der Waals surface area contributed by atoms with Crippen LogP contribution in [0.2, 0.25) is 0 Å². The summed E-state index contributed by atoms with van der Waals surface area (Å²) in [6, 6.07) is 4.18. The van der Waals surface area contributed by atoms with E-state index in [4.69, 9.17) is 4.74 Å². The van der Waals surface area contributed by atoms with Gasteiger partial charge in [0.1, 0.15) is 6.04 Å². The number of hydrogen-bond donors (Lipinski definition) is 1. The molecule has 2 fully saturated rings. The van der Waals surface area contributed by atoms with Gasteiger partial charge in [-0.2, -0.15) is 4.31 Å². The second kappa shape index (κ2) is 9.86. The van der Waals surface area contributed by atoms with Crippen molar-refractivity contribution in [3.63, 3.8) is 0 Å². The summed E-state index contributed by atoms with van der Waals surface area (Å²) in [5, 5.41) is 2.96. The number of carbonyl (C=O) groups is 2. The van der Waals surface area contributed by atoms with Gasteiger partial charge < -0.3 is 10.1 Å². The van der Waals surface area contributed by atoms with E-state index in [9.17, 15) is 18.0 Å². The molecule has 3 heterocycles. The highest BCUT2D eigenvalue weighted by Gasteiger charge is 2.38. The Kier molecular flexibility index (Phi) is 7.14. The van der Waals surface area contributed by atoms with Gasteiger partial charge in [0.05, 0.1) is 18.1 Å². The summed E-state index contributed by atoms with van der Waals surface area (Å²) >= 11 is 0. The van der Waals surface area contributed by atoms with Crippen LogP contribution in [0.4, 0.5) is 5.69 Å². The van der Waals surface area contributed by atoms with Crippen LogP contribution in [0.3, 0.4) is 0 Å². The first-order valence-corrected chi connectivity index (χ1v) is 12.8. The van der Waals surface area contributed by atoms with Gasteiger partial charge in [0.25, 0.3) is 0 Å². The summed E-state index contributed by atoms with van der Waals surface area (Å²) in [6.07, 6.45) is 2.88. The minimum absolute atomic E-state index is 0.206. The Labute approximate surface area is 189 Å². The van der Waals surface area contributed by atoms with E-state index in [-0.39, 0.29) is 16.7 Å². The molecule has 0 radical (unpaired) electrons. The zero-order valence-electron chi connectivity index (χ0n) is 18.6. The lowest BCUT2D eigenvalue weighted by atomic mass is 10.1. The molecule has 0 aliphatic carbocycles. The van der Waals surface area contributed by atoms with Crippen LogP contribution in [0, 0.1) is 0 Å². The number of nitrogens with zero attached hydrogens (tertiary/aromatic N) is 3. The molecule has 2 amide bonds. The molecule has 9 nitrogen and oxygen atoms in total. The van der Waals surface area contributed by atoms with Crippen LogP contribution in [0.15, 0.2) is 23.1 Å². The van der Waals surface area contributed by atoms with Gasteiger partial charge >= 0.3 is 0 Å². The lowest BCUT2D eigenvalue weighted by molar-refractivity contribution is -0.125. The summed E-state index contributed by atoms with van der Waals surface area (Å²) < 4.78 is 32.7. The van der Waals surface area contributed by atoms with Gasteiger partial charge in [-0.25, -0.2) is 8.42 Å². The summed E-state index contributed by atoms with van der Waals surface area (Å²) in [5.41, 5.74) is 1.33. The Morgan fingerprint density at radius 1 is 1.12 bits per heavy atom. The molecule has 1 aromatic carbocycles. The molecule has 0 aromatic heterocycles. The van der Waals surface area contributed by atoms with Crippen molar-refractivity contribution >= 4 is 27.5 Å². The molecule has 0 unspecified atom stereocenters. The van der Waals surface area contributed by atoms with Crippen LogP contribution in [0.1, 0.15) is 31.7 Å². The molecule has 2 saturated heterocycles. The van der Waals surface area contributed by atoms with Crippen LogP contribution in [-0.2, 0) is 30.8 Å². The quantitative estimate of drug-likeness (QED) is 0.593. The van der Waals surface area contributed by atoms with E-state index in [0.29, 0.717) is 37.3 Å². The Bertz CT molecular complexity index is 955. The van der Waals surface area contributed by atoms with Crippen molar-refractivity contribution in [2.75, 3.05) is 57.4 Å². The monoisotopic (exact) mass is 464 g/mol. The van der Waals surface area contributed by atoms with Gasteiger partial charge in [0, 0.05) is 51.8 Å². The van der Waals surface area contributed by atoms with Crippen LogP contribution in [0.5, 0.6) is 0 Å². The summed E-state index contributed by atoms with van der Waals surface area (Å²) in [5.74, 6) is -0.435. The zero-order chi connectivity index (χ0) is 22.7. The van der Waals surface area contributed by atoms with E-state index >= 15 is 0 Å². The molecule has 3 aliphatic rings. The number of anilines is 1. The van der Waals surface area contributed by atoms with Crippen molar-refractivity contribution in [3.8, 4) is 0 Å². The normalized spacial score (nSPS) is 22.2. The van der Waals surface area contributed by atoms with Crippen LogP contribution in [0.25, 0.3) is 0 Å². The number of hydrogen-bond acceptors (Lipinski definition) is 6. The fourth-order valence-electron chi connectivity index (χ4n) is 4.72. The van der Waals surface area contributed by atoms with Crippen molar-refractivity contribution in [3.05, 3.63) is 23.8 Å². The van der Waals surface area contributed by atoms with Crippen LogP contribution >= 0.6 is 0 Å². The number of fused-ring (bicyclic) bond motifs is 1. The minimum Gasteiger partial charge on any atom is -0.379 e. The van der Waals surface area contributed by atoms with Crippen molar-refractivity contribution in [1.29, 1.82) is 0 Å². The Balaban J connectivity index is 1.41. The van der Waals surface area contributed by atoms with Gasteiger partial charge in [0.15, 0.2) is 0 Å². The SMILES string of the molecule is CC(=O)N1c2ccc(S(=O)(=O)N3CCCC3)cc2C[C@@H]1C(=O)NCCCN1CCOCC1. The second-order valence-corrected chi connectivity index (χ2v) is 10.5. The highest BCUT2D eigenvalue weighted by atomic mass is 32.2. The third-order valence-corrected chi connectivity index (χ3v) is 8.33. The number of morpholine rings is 1. The van der Waals surface area contributed by atoms with Crippen LogP contribution in [-0.4, -0.2) is 88.0 Å². The fraction of sp³-hybridized carbons (Fsp3) is 0.636. The number of carbonyl (C=O) groups excluding carboxylic acids is 2. The van der Waals surface area contributed by atoms with Crippen LogP contribution < -0.4 is 10.2 Å². The number of rotatable bonds is 7. The van der Waals surface area contributed by atoms with Crippen molar-refractivity contribution < 1.29 is 22.7 Å². The minimum atomic E-state index is -3.55. The highest BCUT2D eigenvalue weighted by molar-refractivity contribution is 7.89. The first-order valence-electron chi connectivity index (χ1n) is 11.4. The van der Waals surface area contributed by atoms with Crippen molar-refractivity contribution in [2.24, 2.45) is 0 Å². The third kappa shape index (κ3) is 4.83. The molecule has 0 bridgehead atoms. The average molecular weight is 465 g/mol. The Hall–Kier alpha value is -2.01. The Morgan fingerprint density at radius 3 is 2.53 bits per heavy atom. The third-order valence-electron chi connectivity index (χ3n) is 6.43. The summed E-state index contributed by atoms with van der Waals surface area (Å²) in [7, 11) is -3.55. The molecule has 0 saturated carbocycles.